The van der Waals surface area contributed by atoms with Gasteiger partial charge < -0.3 is 4.74 Å². The van der Waals surface area contributed by atoms with E-state index in [0.717, 1.165) is 12.1 Å². The molecule has 0 unspecified atom stereocenters. The van der Waals surface area contributed by atoms with Gasteiger partial charge in [-0.3, -0.25) is 14.9 Å². The Morgan fingerprint density at radius 2 is 2.07 bits per heavy atom. The van der Waals surface area contributed by atoms with E-state index in [1.54, 1.807) is 0 Å². The van der Waals surface area contributed by atoms with Gasteiger partial charge in [-0.15, -0.1) is 0 Å². The summed E-state index contributed by atoms with van der Waals surface area (Å²) in [5.41, 5.74) is 1.50. The number of nitro benzene ring substituents is 1. The molecule has 11 heteroatoms. The lowest BCUT2D eigenvalue weighted by Gasteiger charge is -2.08. The minimum absolute atomic E-state index is 0.0377. The molecular weight excluding hydrogens is 447 g/mol. The quantitative estimate of drug-likeness (QED) is 0.400. The first-order chi connectivity index (χ1) is 13.1. The number of ether oxygens (including phenoxy) is 1. The van der Waals surface area contributed by atoms with Crippen LogP contribution in [-0.2, 0) is 17.4 Å². The van der Waals surface area contributed by atoms with E-state index in [1.807, 2.05) is 0 Å². The zero-order chi connectivity index (χ0) is 20.9. The summed E-state index contributed by atoms with van der Waals surface area (Å²) < 4.78 is 43.3. The third-order valence-corrected chi connectivity index (χ3v) is 4.06. The lowest BCUT2D eigenvalue weighted by Crippen LogP contribution is -2.20. The van der Waals surface area contributed by atoms with Crippen molar-refractivity contribution >= 4 is 33.7 Å². The Morgan fingerprint density at radius 1 is 1.36 bits per heavy atom. The van der Waals surface area contributed by atoms with Gasteiger partial charge in [-0.2, -0.15) is 18.3 Å². The van der Waals surface area contributed by atoms with Gasteiger partial charge in [-0.05, 0) is 33.6 Å². The van der Waals surface area contributed by atoms with Crippen LogP contribution in [0.15, 0.2) is 46.0 Å². The van der Waals surface area contributed by atoms with E-state index in [0.29, 0.717) is 10.0 Å². The summed E-state index contributed by atoms with van der Waals surface area (Å²) in [5.74, 6) is -0.603. The van der Waals surface area contributed by atoms with E-state index < -0.39 is 22.6 Å². The Bertz CT molecular complexity index is 932. The molecule has 0 heterocycles. The van der Waals surface area contributed by atoms with Crippen LogP contribution in [0, 0.1) is 10.1 Å². The van der Waals surface area contributed by atoms with E-state index in [1.165, 1.54) is 37.6 Å². The first-order valence-corrected chi connectivity index (χ1v) is 8.41. The van der Waals surface area contributed by atoms with Crippen LogP contribution in [0.4, 0.5) is 18.9 Å². The van der Waals surface area contributed by atoms with Gasteiger partial charge in [-0.25, -0.2) is 5.43 Å². The molecule has 0 aliphatic heterocycles. The molecule has 0 aromatic heterocycles. The number of halogens is 4. The van der Waals surface area contributed by atoms with Gasteiger partial charge in [-0.1, -0.05) is 18.2 Å². The number of nitrogens with zero attached hydrogens (tertiary/aromatic N) is 2. The zero-order valence-electron chi connectivity index (χ0n) is 14.3. The minimum atomic E-state index is -4.50. The summed E-state index contributed by atoms with van der Waals surface area (Å²) in [6.45, 7) is 0. The number of methoxy groups -OCH3 is 1. The van der Waals surface area contributed by atoms with Crippen LogP contribution >= 0.6 is 15.9 Å². The first kappa shape index (κ1) is 21.4. The molecule has 0 saturated carbocycles. The number of carbonyl (C=O) groups excluding carboxylic acids is 1. The van der Waals surface area contributed by atoms with E-state index >= 15 is 0 Å². The van der Waals surface area contributed by atoms with Gasteiger partial charge in [0.15, 0.2) is 0 Å². The molecule has 2 rings (SSSR count). The molecule has 0 aliphatic carbocycles. The number of alkyl halides is 3. The molecule has 1 N–H and O–H groups in total. The fraction of sp³-hybridized carbons (Fsp3) is 0.176. The average Bonchev–Trinajstić information content (AvgIpc) is 2.60. The molecule has 0 fully saturated rings. The number of hydrogen-bond donors (Lipinski definition) is 1. The van der Waals surface area contributed by atoms with Gasteiger partial charge in [0.1, 0.15) is 0 Å². The number of amides is 1. The SMILES string of the molecule is COc1c(Br)cc(/C=N/NC(=O)Cc2cccc(C(F)(F)F)c2)cc1[N+](=O)[O-]. The Labute approximate surface area is 165 Å². The smallest absolute Gasteiger partial charge is 0.416 e. The van der Waals surface area contributed by atoms with E-state index in [4.69, 9.17) is 4.74 Å². The predicted octanol–water partition coefficient (Wildman–Crippen LogP) is 4.08. The molecule has 0 bridgehead atoms. The molecule has 28 heavy (non-hydrogen) atoms. The predicted molar refractivity (Wildman–Crippen MR) is 98.2 cm³/mol. The van der Waals surface area contributed by atoms with Crippen LogP contribution in [0.2, 0.25) is 0 Å². The van der Waals surface area contributed by atoms with Crippen molar-refractivity contribution < 1.29 is 27.6 Å². The molecule has 148 valence electrons. The molecular formula is C17H13BrF3N3O4. The Morgan fingerprint density at radius 3 is 2.68 bits per heavy atom. The standard InChI is InChI=1S/C17H13BrF3N3O4/c1-28-16-13(18)6-11(7-14(16)24(26)27)9-22-23-15(25)8-10-3-2-4-12(5-10)17(19,20)21/h2-7,9H,8H2,1H3,(H,23,25)/b22-9+. The van der Waals surface area contributed by atoms with Gasteiger partial charge in [0, 0.05) is 11.6 Å². The molecule has 0 radical (unpaired) electrons. The van der Waals surface area contributed by atoms with Crippen LogP contribution in [0.25, 0.3) is 0 Å². The van der Waals surface area contributed by atoms with Crippen molar-refractivity contribution in [3.05, 3.63) is 67.7 Å². The van der Waals surface area contributed by atoms with Gasteiger partial charge >= 0.3 is 11.9 Å². The van der Waals surface area contributed by atoms with Crippen molar-refractivity contribution in [3.8, 4) is 5.75 Å². The highest BCUT2D eigenvalue weighted by Gasteiger charge is 2.30. The Hall–Kier alpha value is -2.95. The highest BCUT2D eigenvalue weighted by molar-refractivity contribution is 9.10. The molecule has 0 saturated heterocycles. The Balaban J connectivity index is 2.07. The number of hydrazone groups is 1. The monoisotopic (exact) mass is 459 g/mol. The van der Waals surface area contributed by atoms with Crippen molar-refractivity contribution in [2.75, 3.05) is 7.11 Å². The van der Waals surface area contributed by atoms with Crippen LogP contribution in [-0.4, -0.2) is 24.2 Å². The second-order valence-electron chi connectivity index (χ2n) is 5.48. The number of benzene rings is 2. The molecule has 2 aromatic carbocycles. The highest BCUT2D eigenvalue weighted by atomic mass is 79.9. The van der Waals surface area contributed by atoms with Crippen molar-refractivity contribution in [2.24, 2.45) is 5.10 Å². The molecule has 0 atom stereocenters. The third kappa shape index (κ3) is 5.52. The topological polar surface area (TPSA) is 93.8 Å². The summed E-state index contributed by atoms with van der Waals surface area (Å²) in [6.07, 6.45) is -3.64. The summed E-state index contributed by atoms with van der Waals surface area (Å²) in [4.78, 5) is 22.3. The second kappa shape index (κ2) is 8.83. The molecule has 0 aliphatic rings. The van der Waals surface area contributed by atoms with E-state index in [-0.39, 0.29) is 23.4 Å². The van der Waals surface area contributed by atoms with Gasteiger partial charge in [0.05, 0.1) is 34.7 Å². The summed E-state index contributed by atoms with van der Waals surface area (Å²) in [6, 6.07) is 7.09. The number of carbonyl (C=O) groups is 1. The number of nitro groups is 1. The van der Waals surface area contributed by atoms with E-state index in [2.05, 4.69) is 26.5 Å². The minimum Gasteiger partial charge on any atom is -0.489 e. The zero-order valence-corrected chi connectivity index (χ0v) is 15.9. The maximum atomic E-state index is 12.7. The van der Waals surface area contributed by atoms with Gasteiger partial charge in [0.25, 0.3) is 0 Å². The summed E-state index contributed by atoms with van der Waals surface area (Å²) in [7, 11) is 1.29. The number of nitrogens with one attached hydrogen (secondary N) is 1. The molecule has 7 nitrogen and oxygen atoms in total. The number of rotatable bonds is 6. The van der Waals surface area contributed by atoms with Crippen molar-refractivity contribution in [1.82, 2.24) is 5.43 Å². The van der Waals surface area contributed by atoms with Crippen molar-refractivity contribution in [3.63, 3.8) is 0 Å². The summed E-state index contributed by atoms with van der Waals surface area (Å²) >= 11 is 3.14. The van der Waals surface area contributed by atoms with Crippen LogP contribution < -0.4 is 10.2 Å². The second-order valence-corrected chi connectivity index (χ2v) is 6.33. The highest BCUT2D eigenvalue weighted by Crippen LogP contribution is 2.35. The average molecular weight is 460 g/mol. The first-order valence-electron chi connectivity index (χ1n) is 7.61. The third-order valence-electron chi connectivity index (χ3n) is 3.47. The normalized spacial score (nSPS) is 11.5. The lowest BCUT2D eigenvalue weighted by atomic mass is 10.1. The largest absolute Gasteiger partial charge is 0.489 e. The molecule has 2 aromatic rings. The van der Waals surface area contributed by atoms with Gasteiger partial charge in [0.2, 0.25) is 11.7 Å². The maximum Gasteiger partial charge on any atom is 0.416 e. The van der Waals surface area contributed by atoms with E-state index in [9.17, 15) is 28.1 Å². The van der Waals surface area contributed by atoms with Crippen molar-refractivity contribution in [2.45, 2.75) is 12.6 Å². The number of hydrogen-bond acceptors (Lipinski definition) is 5. The van der Waals surface area contributed by atoms with Crippen LogP contribution in [0.1, 0.15) is 16.7 Å². The Kier molecular flexibility index (Phi) is 6.73. The fourth-order valence-electron chi connectivity index (χ4n) is 2.27. The van der Waals surface area contributed by atoms with Crippen LogP contribution in [0.3, 0.4) is 0 Å². The van der Waals surface area contributed by atoms with Crippen molar-refractivity contribution in [1.29, 1.82) is 0 Å². The maximum absolute atomic E-state index is 12.7. The lowest BCUT2D eigenvalue weighted by molar-refractivity contribution is -0.385. The molecule has 0 spiro atoms. The summed E-state index contributed by atoms with van der Waals surface area (Å²) in [5, 5.41) is 14.8. The van der Waals surface area contributed by atoms with Crippen LogP contribution in [0.5, 0.6) is 5.75 Å². The fourth-order valence-corrected chi connectivity index (χ4v) is 2.90. The molecule has 1 amide bonds.